The van der Waals surface area contributed by atoms with Crippen molar-refractivity contribution in [2.45, 2.75) is 135 Å². The summed E-state index contributed by atoms with van der Waals surface area (Å²) < 4.78 is 60.5. The smallest absolute Gasteiger partial charge is 0.307 e. The van der Waals surface area contributed by atoms with Crippen LogP contribution >= 0.6 is 0 Å². The molecule has 4 aliphatic rings. The number of ketones is 1. The Morgan fingerprint density at radius 1 is 1.12 bits per heavy atom. The molecule has 312 valence electrons. The number of carbonyl (C=O) groups excluding carboxylic acids is 4. The number of sulfonamides is 1. The third kappa shape index (κ3) is 9.31. The molecule has 2 aliphatic carbocycles. The predicted molar refractivity (Wildman–Crippen MR) is 212 cm³/mol. The number of nitrogens with one attached hydrogen (secondary N) is 1. The number of rotatable bonds is 10. The van der Waals surface area contributed by atoms with Crippen molar-refractivity contribution in [2.24, 2.45) is 29.1 Å². The highest BCUT2D eigenvalue weighted by molar-refractivity contribution is 7.91. The lowest BCUT2D eigenvalue weighted by Crippen LogP contribution is -2.48. The molecule has 6 rings (SSSR count). The van der Waals surface area contributed by atoms with Crippen molar-refractivity contribution in [1.82, 2.24) is 14.6 Å². The summed E-state index contributed by atoms with van der Waals surface area (Å²) in [5.41, 5.74) is -2.08. The molecular weight excluding hydrogens is 754 g/mol. The van der Waals surface area contributed by atoms with E-state index in [0.29, 0.717) is 42.9 Å². The minimum atomic E-state index is -3.98. The maximum Gasteiger partial charge on any atom is 0.307 e. The summed E-state index contributed by atoms with van der Waals surface area (Å²) in [6.45, 7) is 13.0. The Kier molecular flexibility index (Phi) is 12.2. The lowest BCUT2D eigenvalue weighted by Gasteiger charge is -2.33. The van der Waals surface area contributed by atoms with E-state index in [0.717, 1.165) is 6.42 Å². The molecule has 3 heterocycles. The van der Waals surface area contributed by atoms with Gasteiger partial charge in [-0.2, -0.15) is 0 Å². The number of esters is 1. The second kappa shape index (κ2) is 16.3. The van der Waals surface area contributed by atoms with Crippen LogP contribution in [0, 0.1) is 34.9 Å². The standard InChI is InChI=1S/C43H58FN3O9S/c1-8-27-18-26(3)12-10-11-13-29-23-43(29,40(51)46-57(52,53)42(7)15-16-42)24-35(48)34-20-30(25-47(34)39(50)32(27)22-37(49)56-41(4,5)6)55-38-31-21-33(44)36(54-9-2)19-28(31)14-17-45-38/h11,13-14,17,19,21,26-27,29-30,32,34H,8-10,12,15-16,18,20,22-25H2,1-7H3,(H,46,51)/b13-11-/t26-,27-,29-,30-,32+,34+,43-/m1/s1. The van der Waals surface area contributed by atoms with Crippen molar-refractivity contribution in [3.05, 3.63) is 42.4 Å². The van der Waals surface area contributed by atoms with E-state index in [-0.39, 0.29) is 74.1 Å². The van der Waals surface area contributed by atoms with Crippen LogP contribution in [0.1, 0.15) is 113 Å². The van der Waals surface area contributed by atoms with Crippen LogP contribution in [0.3, 0.4) is 0 Å². The second-order valence-electron chi connectivity index (χ2n) is 17.9. The fourth-order valence-electron chi connectivity index (χ4n) is 8.57. The summed E-state index contributed by atoms with van der Waals surface area (Å²) in [5, 5.41) is 1.01. The number of carbonyl (C=O) groups is 4. The van der Waals surface area contributed by atoms with Gasteiger partial charge in [-0.05, 0) is 114 Å². The van der Waals surface area contributed by atoms with Gasteiger partial charge in [0.05, 0.1) is 41.7 Å². The largest absolute Gasteiger partial charge is 0.491 e. The lowest BCUT2D eigenvalue weighted by atomic mass is 9.79. The van der Waals surface area contributed by atoms with E-state index in [1.807, 2.05) is 19.1 Å². The van der Waals surface area contributed by atoms with Gasteiger partial charge in [0.1, 0.15) is 11.7 Å². The van der Waals surface area contributed by atoms with Crippen LogP contribution in [0.4, 0.5) is 4.39 Å². The number of benzene rings is 1. The molecule has 0 radical (unpaired) electrons. The molecule has 1 N–H and O–H groups in total. The number of ether oxygens (including phenoxy) is 3. The number of hydrogen-bond donors (Lipinski definition) is 1. The number of halogens is 1. The van der Waals surface area contributed by atoms with Crippen molar-refractivity contribution >= 4 is 44.4 Å². The first kappa shape index (κ1) is 42.5. The minimum absolute atomic E-state index is 0.0289. The molecule has 2 aliphatic heterocycles. The Morgan fingerprint density at radius 3 is 2.53 bits per heavy atom. The predicted octanol–water partition coefficient (Wildman–Crippen LogP) is 6.84. The molecule has 0 bridgehead atoms. The third-order valence-corrected chi connectivity index (χ3v) is 14.5. The van der Waals surface area contributed by atoms with Gasteiger partial charge < -0.3 is 19.1 Å². The summed E-state index contributed by atoms with van der Waals surface area (Å²) in [5.74, 6) is -3.57. The molecule has 14 heteroatoms. The van der Waals surface area contributed by atoms with Gasteiger partial charge in [-0.3, -0.25) is 23.9 Å². The fraction of sp³-hybridized carbons (Fsp3) is 0.651. The highest BCUT2D eigenvalue weighted by atomic mass is 32.2. The quantitative estimate of drug-likeness (QED) is 0.199. The van der Waals surface area contributed by atoms with E-state index in [2.05, 4.69) is 16.6 Å². The summed E-state index contributed by atoms with van der Waals surface area (Å²) in [7, 11) is -3.98. The number of nitrogens with zero attached hydrogens (tertiary/aromatic N) is 2. The van der Waals surface area contributed by atoms with Crippen molar-refractivity contribution in [1.29, 1.82) is 0 Å². The molecule has 3 fully saturated rings. The molecule has 1 aromatic carbocycles. The Hall–Kier alpha value is -4.07. The van der Waals surface area contributed by atoms with Crippen molar-refractivity contribution < 1.29 is 46.2 Å². The summed E-state index contributed by atoms with van der Waals surface area (Å²) >= 11 is 0. The first-order chi connectivity index (χ1) is 26.8. The van der Waals surface area contributed by atoms with E-state index >= 15 is 9.18 Å². The molecule has 57 heavy (non-hydrogen) atoms. The van der Waals surface area contributed by atoms with Gasteiger partial charge in [-0.15, -0.1) is 0 Å². The van der Waals surface area contributed by atoms with Gasteiger partial charge in [0.2, 0.25) is 27.7 Å². The molecule has 1 aromatic heterocycles. The second-order valence-corrected chi connectivity index (χ2v) is 20.1. The SMILES string of the molecule is CCOc1cc2ccnc(O[C@@H]3C[C@H]4C(=O)C[C@]5(C(=O)NS(=O)(=O)C6(C)CC6)C[C@H]5/C=C\CC[C@@H](C)C[C@@H](CC)[C@H](CC(=O)OC(C)(C)C)C(=O)N4C3)c2cc1F. The van der Waals surface area contributed by atoms with Crippen LogP contribution in [0.15, 0.2) is 36.5 Å². The van der Waals surface area contributed by atoms with Crippen molar-refractivity contribution in [2.75, 3.05) is 13.2 Å². The molecule has 12 nitrogen and oxygen atoms in total. The van der Waals surface area contributed by atoms with E-state index < -0.39 is 67.3 Å². The zero-order chi connectivity index (χ0) is 41.5. The third-order valence-electron chi connectivity index (χ3n) is 12.3. The highest BCUT2D eigenvalue weighted by Gasteiger charge is 2.62. The number of hydrogen-bond acceptors (Lipinski definition) is 10. The number of aromatic nitrogens is 1. The van der Waals surface area contributed by atoms with Crippen LogP contribution in [0.25, 0.3) is 10.8 Å². The van der Waals surface area contributed by atoms with Gasteiger partial charge in [0.25, 0.3) is 0 Å². The van der Waals surface area contributed by atoms with Gasteiger partial charge in [-0.25, -0.2) is 17.8 Å². The van der Waals surface area contributed by atoms with Gasteiger partial charge >= 0.3 is 5.97 Å². The molecular formula is C43H58FN3O9S. The van der Waals surface area contributed by atoms with E-state index in [1.165, 1.54) is 17.2 Å². The van der Waals surface area contributed by atoms with E-state index in [1.54, 1.807) is 46.8 Å². The van der Waals surface area contributed by atoms with Crippen molar-refractivity contribution in [3.8, 4) is 11.6 Å². The van der Waals surface area contributed by atoms with Crippen molar-refractivity contribution in [3.63, 3.8) is 0 Å². The molecule has 7 atom stereocenters. The van der Waals surface area contributed by atoms with Gasteiger partial charge in [0.15, 0.2) is 17.3 Å². The highest BCUT2D eigenvalue weighted by Crippen LogP contribution is 2.58. The molecule has 2 saturated carbocycles. The zero-order valence-electron chi connectivity index (χ0n) is 34.3. The monoisotopic (exact) mass is 811 g/mol. The number of pyridine rings is 1. The van der Waals surface area contributed by atoms with Gasteiger partial charge in [-0.1, -0.05) is 32.4 Å². The van der Waals surface area contributed by atoms with Crippen LogP contribution in [0.2, 0.25) is 0 Å². The van der Waals surface area contributed by atoms with Crippen LogP contribution in [0.5, 0.6) is 11.6 Å². The normalized spacial score (nSPS) is 29.6. The van der Waals surface area contributed by atoms with E-state index in [9.17, 15) is 22.8 Å². The van der Waals surface area contributed by atoms with Crippen LogP contribution in [-0.4, -0.2) is 77.5 Å². The Labute approximate surface area is 335 Å². The average Bonchev–Trinajstić information content (AvgIpc) is 4.01. The average molecular weight is 812 g/mol. The Morgan fingerprint density at radius 2 is 1.86 bits per heavy atom. The summed E-state index contributed by atoms with van der Waals surface area (Å²) in [6, 6.07) is 3.51. The molecule has 0 spiro atoms. The summed E-state index contributed by atoms with van der Waals surface area (Å²) in [6.07, 6.45) is 8.23. The number of Topliss-reactive ketones (excluding diaryl/α,β-unsaturated/α-hetero) is 1. The first-order valence-corrected chi connectivity index (χ1v) is 21.9. The van der Waals surface area contributed by atoms with Crippen LogP contribution in [-0.2, 0) is 33.9 Å². The number of allylic oxidation sites excluding steroid dienone is 2. The number of fused-ring (bicyclic) bond motifs is 3. The maximum atomic E-state index is 15.1. The van der Waals surface area contributed by atoms with E-state index in [4.69, 9.17) is 14.2 Å². The lowest BCUT2D eigenvalue weighted by molar-refractivity contribution is -0.160. The van der Waals surface area contributed by atoms with Crippen LogP contribution < -0.4 is 14.2 Å². The molecule has 2 aromatic rings. The zero-order valence-corrected chi connectivity index (χ0v) is 35.1. The fourth-order valence-corrected chi connectivity index (χ4v) is 9.90. The molecule has 0 unspecified atom stereocenters. The topological polar surface area (TPSA) is 158 Å². The summed E-state index contributed by atoms with van der Waals surface area (Å²) in [4.78, 5) is 63.0. The minimum Gasteiger partial charge on any atom is -0.491 e. The Bertz CT molecular complexity index is 2030. The maximum absolute atomic E-state index is 15.1. The van der Waals surface area contributed by atoms with Gasteiger partial charge in [0, 0.05) is 24.4 Å². The molecule has 2 amide bonds. The Balaban J connectivity index is 1.37. The first-order valence-electron chi connectivity index (χ1n) is 20.5. The molecule has 1 saturated heterocycles. The number of amides is 2.